The van der Waals surface area contributed by atoms with Crippen LogP contribution in [-0.4, -0.2) is 64.1 Å². The standard InChI is InChI=1S/C24H26N4O4/c29-21-6-4-17(13-22(21)30)14-26-15-20-19-12-16(2-1-9-28-10-7-25-8-11-28)3-5-18(19)23(31)27-24(20)32/h1-6,12-13,15,25,29-30H,7-11,14H2,(H2,27,31,32). The number of aromatic nitrogens is 1. The molecule has 0 aliphatic carbocycles. The third kappa shape index (κ3) is 4.99. The Kier molecular flexibility index (Phi) is 6.53. The van der Waals surface area contributed by atoms with Gasteiger partial charge in [-0.25, -0.2) is 0 Å². The zero-order chi connectivity index (χ0) is 22.5. The summed E-state index contributed by atoms with van der Waals surface area (Å²) in [5.74, 6) is -0.659. The van der Waals surface area contributed by atoms with Gasteiger partial charge in [-0.3, -0.25) is 19.7 Å². The van der Waals surface area contributed by atoms with Crippen LogP contribution in [0.25, 0.3) is 16.8 Å². The quantitative estimate of drug-likeness (QED) is 0.300. The summed E-state index contributed by atoms with van der Waals surface area (Å²) in [6.45, 7) is 5.12. The number of benzene rings is 2. The first-order chi connectivity index (χ1) is 15.5. The van der Waals surface area contributed by atoms with E-state index in [4.69, 9.17) is 0 Å². The number of phenols is 2. The summed E-state index contributed by atoms with van der Waals surface area (Å²) in [5.41, 5.74) is 1.67. The van der Waals surface area contributed by atoms with E-state index in [0.29, 0.717) is 21.9 Å². The van der Waals surface area contributed by atoms with E-state index < -0.39 is 0 Å². The molecule has 2 aromatic carbocycles. The van der Waals surface area contributed by atoms with Crippen molar-refractivity contribution >= 4 is 23.1 Å². The van der Waals surface area contributed by atoms with Crippen molar-refractivity contribution in [2.24, 2.45) is 4.99 Å². The number of aromatic amines is 1. The van der Waals surface area contributed by atoms with E-state index in [0.717, 1.165) is 38.3 Å². The van der Waals surface area contributed by atoms with Gasteiger partial charge in [0.25, 0.3) is 5.56 Å². The number of H-pyrrole nitrogens is 1. The molecule has 1 aromatic heterocycles. The molecule has 0 spiro atoms. The fourth-order valence-electron chi connectivity index (χ4n) is 3.73. The molecule has 1 saturated heterocycles. The van der Waals surface area contributed by atoms with Crippen LogP contribution in [0.1, 0.15) is 16.7 Å². The van der Waals surface area contributed by atoms with Crippen LogP contribution < -0.4 is 10.9 Å². The SMILES string of the molecule is O=c1[nH]c(O)c(C=NCc2ccc(O)c(O)c2)c2cc(C=CCN3CCNCC3)ccc12. The Hall–Kier alpha value is -3.62. The van der Waals surface area contributed by atoms with Crippen LogP contribution in [0.15, 0.2) is 52.3 Å². The van der Waals surface area contributed by atoms with Gasteiger partial charge in [-0.2, -0.15) is 0 Å². The Morgan fingerprint density at radius 1 is 1.00 bits per heavy atom. The number of hydrogen-bond donors (Lipinski definition) is 5. The Balaban J connectivity index is 1.58. The minimum absolute atomic E-state index is 0.195. The Bertz CT molecular complexity index is 1230. The lowest BCUT2D eigenvalue weighted by Gasteiger charge is -2.25. The third-order valence-electron chi connectivity index (χ3n) is 5.48. The van der Waals surface area contributed by atoms with Crippen molar-refractivity contribution in [3.63, 3.8) is 0 Å². The Morgan fingerprint density at radius 3 is 2.59 bits per heavy atom. The van der Waals surface area contributed by atoms with Crippen molar-refractivity contribution in [1.82, 2.24) is 15.2 Å². The first-order valence-corrected chi connectivity index (χ1v) is 10.5. The number of fused-ring (bicyclic) bond motifs is 1. The molecular weight excluding hydrogens is 408 g/mol. The molecule has 0 bridgehead atoms. The molecular formula is C24H26N4O4. The van der Waals surface area contributed by atoms with E-state index in [-0.39, 0.29) is 29.5 Å². The molecule has 3 aromatic rings. The van der Waals surface area contributed by atoms with Gasteiger partial charge in [0.1, 0.15) is 0 Å². The second-order valence-corrected chi connectivity index (χ2v) is 7.77. The first-order valence-electron chi connectivity index (χ1n) is 10.5. The largest absolute Gasteiger partial charge is 0.504 e. The molecule has 166 valence electrons. The summed E-state index contributed by atoms with van der Waals surface area (Å²) in [6, 6.07) is 9.96. The van der Waals surface area contributed by atoms with Gasteiger partial charge >= 0.3 is 0 Å². The van der Waals surface area contributed by atoms with Crippen LogP contribution in [0.3, 0.4) is 0 Å². The Labute approximate surface area is 185 Å². The molecule has 32 heavy (non-hydrogen) atoms. The number of rotatable bonds is 6. The highest BCUT2D eigenvalue weighted by atomic mass is 16.3. The average molecular weight is 434 g/mol. The van der Waals surface area contributed by atoms with E-state index in [9.17, 15) is 20.1 Å². The highest BCUT2D eigenvalue weighted by Gasteiger charge is 2.10. The van der Waals surface area contributed by atoms with Crippen molar-refractivity contribution in [3.8, 4) is 17.4 Å². The molecule has 1 aliphatic heterocycles. The van der Waals surface area contributed by atoms with Gasteiger partial charge < -0.3 is 20.6 Å². The molecule has 0 saturated carbocycles. The number of phenolic OH excluding ortho intramolecular Hbond substituents is 2. The highest BCUT2D eigenvalue weighted by Crippen LogP contribution is 2.26. The number of nitrogens with one attached hydrogen (secondary N) is 2. The predicted molar refractivity (Wildman–Crippen MR) is 126 cm³/mol. The number of nitrogens with zero attached hydrogens (tertiary/aromatic N) is 2. The molecule has 1 aliphatic rings. The monoisotopic (exact) mass is 434 g/mol. The molecule has 5 N–H and O–H groups in total. The lowest BCUT2D eigenvalue weighted by molar-refractivity contribution is 0.265. The van der Waals surface area contributed by atoms with Crippen LogP contribution in [-0.2, 0) is 6.54 Å². The van der Waals surface area contributed by atoms with Crippen LogP contribution in [0.5, 0.6) is 17.4 Å². The van der Waals surface area contributed by atoms with E-state index >= 15 is 0 Å². The molecule has 0 atom stereocenters. The minimum atomic E-state index is -0.366. The minimum Gasteiger partial charge on any atom is -0.504 e. The average Bonchev–Trinajstić information content (AvgIpc) is 2.79. The molecule has 8 heteroatoms. The van der Waals surface area contributed by atoms with Gasteiger partial charge in [0, 0.05) is 49.7 Å². The molecule has 1 fully saturated rings. The van der Waals surface area contributed by atoms with Crippen LogP contribution in [0.4, 0.5) is 0 Å². The van der Waals surface area contributed by atoms with Gasteiger partial charge in [0.15, 0.2) is 11.5 Å². The van der Waals surface area contributed by atoms with Crippen LogP contribution in [0, 0.1) is 0 Å². The second-order valence-electron chi connectivity index (χ2n) is 7.77. The zero-order valence-electron chi connectivity index (χ0n) is 17.6. The molecule has 0 unspecified atom stereocenters. The van der Waals surface area contributed by atoms with Crippen LogP contribution in [0.2, 0.25) is 0 Å². The summed E-state index contributed by atoms with van der Waals surface area (Å²) in [5, 5.41) is 33.8. The molecule has 4 rings (SSSR count). The molecule has 2 heterocycles. The lowest BCUT2D eigenvalue weighted by Crippen LogP contribution is -2.43. The van der Waals surface area contributed by atoms with Crippen molar-refractivity contribution in [1.29, 1.82) is 0 Å². The van der Waals surface area contributed by atoms with Gasteiger partial charge in [0.2, 0.25) is 5.88 Å². The van der Waals surface area contributed by atoms with Crippen molar-refractivity contribution in [3.05, 3.63) is 69.5 Å². The van der Waals surface area contributed by atoms with E-state index in [2.05, 4.69) is 26.3 Å². The maximum atomic E-state index is 12.3. The summed E-state index contributed by atoms with van der Waals surface area (Å²) < 4.78 is 0. The topological polar surface area (TPSA) is 121 Å². The van der Waals surface area contributed by atoms with Gasteiger partial charge in [-0.15, -0.1) is 0 Å². The third-order valence-corrected chi connectivity index (χ3v) is 5.48. The number of piperazine rings is 1. The van der Waals surface area contributed by atoms with E-state index in [1.165, 1.54) is 18.3 Å². The van der Waals surface area contributed by atoms with Gasteiger partial charge in [-0.05, 0) is 35.4 Å². The number of aromatic hydroxyl groups is 3. The maximum Gasteiger partial charge on any atom is 0.258 e. The Morgan fingerprint density at radius 2 is 1.81 bits per heavy atom. The lowest BCUT2D eigenvalue weighted by atomic mass is 10.0. The number of hydrogen-bond acceptors (Lipinski definition) is 7. The van der Waals surface area contributed by atoms with Crippen LogP contribution >= 0.6 is 0 Å². The van der Waals surface area contributed by atoms with Gasteiger partial charge in [-0.1, -0.05) is 24.3 Å². The fourth-order valence-corrected chi connectivity index (χ4v) is 3.73. The molecule has 0 amide bonds. The first kappa shape index (κ1) is 21.6. The summed E-state index contributed by atoms with van der Waals surface area (Å²) in [4.78, 5) is 21.5. The summed E-state index contributed by atoms with van der Waals surface area (Å²) in [6.07, 6.45) is 5.62. The summed E-state index contributed by atoms with van der Waals surface area (Å²) in [7, 11) is 0. The molecule has 0 radical (unpaired) electrons. The second kappa shape index (κ2) is 9.67. The fraction of sp³-hybridized carbons (Fsp3) is 0.250. The highest BCUT2D eigenvalue weighted by molar-refractivity contribution is 6.02. The van der Waals surface area contributed by atoms with Crippen molar-refractivity contribution in [2.45, 2.75) is 6.54 Å². The van der Waals surface area contributed by atoms with E-state index in [1.807, 2.05) is 18.2 Å². The summed E-state index contributed by atoms with van der Waals surface area (Å²) >= 11 is 0. The normalized spacial score (nSPS) is 15.2. The van der Waals surface area contributed by atoms with E-state index in [1.54, 1.807) is 12.1 Å². The maximum absolute atomic E-state index is 12.3. The molecule has 8 nitrogen and oxygen atoms in total. The smallest absolute Gasteiger partial charge is 0.258 e. The van der Waals surface area contributed by atoms with Crippen molar-refractivity contribution < 1.29 is 15.3 Å². The van der Waals surface area contributed by atoms with Crippen molar-refractivity contribution in [2.75, 3.05) is 32.7 Å². The predicted octanol–water partition coefficient (Wildman–Crippen LogP) is 2.18. The van der Waals surface area contributed by atoms with Gasteiger partial charge in [0.05, 0.1) is 12.1 Å². The number of aliphatic imine (C=N–C) groups is 1. The number of pyridine rings is 1. The zero-order valence-corrected chi connectivity index (χ0v) is 17.6.